The Hall–Kier alpha value is -1.44. The van der Waals surface area contributed by atoms with Gasteiger partial charge in [-0.15, -0.1) is 0 Å². The molecule has 10 atom stereocenters. The molecule has 7 heteroatoms. The first-order chi connectivity index (χ1) is 17.7. The summed E-state index contributed by atoms with van der Waals surface area (Å²) in [6, 6.07) is 0. The zero-order valence-electron chi connectivity index (χ0n) is 24.3. The van der Waals surface area contributed by atoms with Crippen LogP contribution in [0.3, 0.4) is 0 Å². The standard InChI is InChI=1S/C31H48O7/c1-18(27-35-16-28(4,5)17-36-27)23-8-9-24-22-10-13-31(34)15-21(37-19(2)32)14-26(38-20(3)33)30(31,7)25(22)11-12-29(23,24)6/h10,13,18,21-27,34H,8-9,11-12,14-17H2,1-7H3/t18?,21?,22-,23+,24-,25-,26?,29+,30-,31?/m0/s1. The quantitative estimate of drug-likeness (QED) is 0.400. The Kier molecular flexibility index (Phi) is 7.09. The Morgan fingerprint density at radius 1 is 0.974 bits per heavy atom. The highest BCUT2D eigenvalue weighted by atomic mass is 16.7. The number of fused-ring (bicyclic) bond motifs is 5. The molecule has 0 radical (unpaired) electrons. The molecule has 214 valence electrons. The normalized spacial score (nSPS) is 46.8. The zero-order chi connectivity index (χ0) is 27.7. The molecule has 7 nitrogen and oxygen atoms in total. The molecule has 0 bridgehead atoms. The van der Waals surface area contributed by atoms with Crippen molar-refractivity contribution < 1.29 is 33.6 Å². The molecular weight excluding hydrogens is 484 g/mol. The Morgan fingerprint density at radius 3 is 2.26 bits per heavy atom. The molecule has 0 aromatic carbocycles. The van der Waals surface area contributed by atoms with Gasteiger partial charge in [-0.05, 0) is 54.8 Å². The van der Waals surface area contributed by atoms with Gasteiger partial charge in [-0.25, -0.2) is 0 Å². The monoisotopic (exact) mass is 532 g/mol. The van der Waals surface area contributed by atoms with Crippen LogP contribution < -0.4 is 0 Å². The molecule has 1 saturated heterocycles. The van der Waals surface area contributed by atoms with Crippen LogP contribution in [0.4, 0.5) is 0 Å². The number of esters is 2. The molecule has 4 unspecified atom stereocenters. The van der Waals surface area contributed by atoms with Gasteiger partial charge in [0.15, 0.2) is 6.29 Å². The van der Waals surface area contributed by atoms with Crippen LogP contribution in [0.15, 0.2) is 12.2 Å². The van der Waals surface area contributed by atoms with E-state index in [9.17, 15) is 14.7 Å². The lowest BCUT2D eigenvalue weighted by Gasteiger charge is -2.63. The number of carbonyl (C=O) groups excluding carboxylic acids is 2. The molecular formula is C31H48O7. The highest BCUT2D eigenvalue weighted by Gasteiger charge is 2.67. The number of ether oxygens (including phenoxy) is 4. The van der Waals surface area contributed by atoms with Gasteiger partial charge in [0, 0.05) is 43.4 Å². The first-order valence-electron chi connectivity index (χ1n) is 14.7. The molecule has 1 heterocycles. The third-order valence-electron chi connectivity index (χ3n) is 11.4. The molecule has 4 fully saturated rings. The second-order valence-corrected chi connectivity index (χ2v) is 14.4. The summed E-state index contributed by atoms with van der Waals surface area (Å²) >= 11 is 0. The van der Waals surface area contributed by atoms with E-state index in [2.05, 4.69) is 40.7 Å². The lowest BCUT2D eigenvalue weighted by Crippen LogP contribution is -2.67. The third kappa shape index (κ3) is 4.45. The number of carbonyl (C=O) groups is 2. The van der Waals surface area contributed by atoms with Crippen molar-refractivity contribution in [1.82, 2.24) is 0 Å². The highest BCUT2D eigenvalue weighted by Crippen LogP contribution is 2.68. The van der Waals surface area contributed by atoms with Crippen molar-refractivity contribution >= 4 is 11.9 Å². The van der Waals surface area contributed by atoms with Crippen LogP contribution in [0.25, 0.3) is 0 Å². The summed E-state index contributed by atoms with van der Waals surface area (Å²) in [5.74, 6) is 1.03. The molecule has 1 aliphatic heterocycles. The average molecular weight is 533 g/mol. The van der Waals surface area contributed by atoms with Crippen LogP contribution in [0.2, 0.25) is 0 Å². The average Bonchev–Trinajstić information content (AvgIpc) is 3.16. The maximum atomic E-state index is 12.2. The van der Waals surface area contributed by atoms with Crippen LogP contribution in [0, 0.1) is 45.8 Å². The Balaban J connectivity index is 1.42. The fourth-order valence-corrected chi connectivity index (χ4v) is 9.45. The minimum atomic E-state index is -1.21. The van der Waals surface area contributed by atoms with Gasteiger partial charge in [-0.2, -0.15) is 0 Å². The molecule has 1 N–H and O–H groups in total. The molecule has 0 spiro atoms. The summed E-state index contributed by atoms with van der Waals surface area (Å²) in [5, 5.41) is 12.1. The Morgan fingerprint density at radius 2 is 1.63 bits per heavy atom. The van der Waals surface area contributed by atoms with Crippen LogP contribution in [0.1, 0.15) is 87.0 Å². The number of hydrogen-bond acceptors (Lipinski definition) is 7. The van der Waals surface area contributed by atoms with Crippen molar-refractivity contribution in [2.75, 3.05) is 13.2 Å². The van der Waals surface area contributed by atoms with Gasteiger partial charge >= 0.3 is 11.9 Å². The van der Waals surface area contributed by atoms with E-state index >= 15 is 0 Å². The highest BCUT2D eigenvalue weighted by molar-refractivity contribution is 5.67. The van der Waals surface area contributed by atoms with Crippen molar-refractivity contribution in [2.24, 2.45) is 45.8 Å². The second-order valence-electron chi connectivity index (χ2n) is 14.4. The number of rotatable bonds is 4. The predicted molar refractivity (Wildman–Crippen MR) is 142 cm³/mol. The van der Waals surface area contributed by atoms with Crippen LogP contribution in [-0.2, 0) is 28.5 Å². The minimum Gasteiger partial charge on any atom is -0.462 e. The smallest absolute Gasteiger partial charge is 0.302 e. The van der Waals surface area contributed by atoms with Crippen LogP contribution >= 0.6 is 0 Å². The Bertz CT molecular complexity index is 965. The van der Waals surface area contributed by atoms with Crippen molar-refractivity contribution in [3.8, 4) is 0 Å². The van der Waals surface area contributed by atoms with E-state index in [1.807, 2.05) is 6.08 Å². The lowest BCUT2D eigenvalue weighted by atomic mass is 9.44. The fourth-order valence-electron chi connectivity index (χ4n) is 9.45. The van der Waals surface area contributed by atoms with Gasteiger partial charge in [0.05, 0.1) is 18.8 Å². The number of allylic oxidation sites excluding steroid dienone is 1. The summed E-state index contributed by atoms with van der Waals surface area (Å²) < 4.78 is 23.9. The van der Waals surface area contributed by atoms with Crippen LogP contribution in [0.5, 0.6) is 0 Å². The molecule has 3 saturated carbocycles. The SMILES string of the molecule is CC(=O)OC1CC(OC(C)=O)[C@]2(C)[C@H]3CC[C@]4(C)[C@@H](C(C)C5OCC(C)(C)CO5)CC[C@H]4[C@@H]3C=CC2(O)C1. The van der Waals surface area contributed by atoms with E-state index in [1.54, 1.807) is 0 Å². The van der Waals surface area contributed by atoms with E-state index in [-0.39, 0.29) is 35.0 Å². The first-order valence-corrected chi connectivity index (χ1v) is 14.7. The van der Waals surface area contributed by atoms with Crippen molar-refractivity contribution in [2.45, 2.75) is 111 Å². The molecule has 5 rings (SSSR count). The zero-order valence-corrected chi connectivity index (χ0v) is 24.3. The molecule has 38 heavy (non-hydrogen) atoms. The molecule has 0 aromatic heterocycles. The summed E-state index contributed by atoms with van der Waals surface area (Å²) in [7, 11) is 0. The summed E-state index contributed by atoms with van der Waals surface area (Å²) in [5.41, 5.74) is -1.64. The molecule has 0 amide bonds. The van der Waals surface area contributed by atoms with Crippen LogP contribution in [-0.4, -0.2) is 54.4 Å². The maximum absolute atomic E-state index is 12.2. The fraction of sp³-hybridized carbons (Fsp3) is 0.871. The van der Waals surface area contributed by atoms with E-state index in [0.29, 0.717) is 36.5 Å². The van der Waals surface area contributed by atoms with E-state index in [0.717, 1.165) is 38.9 Å². The van der Waals surface area contributed by atoms with Crippen molar-refractivity contribution in [3.05, 3.63) is 12.2 Å². The van der Waals surface area contributed by atoms with Gasteiger partial charge < -0.3 is 24.1 Å². The van der Waals surface area contributed by atoms with Gasteiger partial charge in [0.2, 0.25) is 0 Å². The van der Waals surface area contributed by atoms with Gasteiger partial charge in [-0.3, -0.25) is 9.59 Å². The number of hydrogen-bond donors (Lipinski definition) is 1. The topological polar surface area (TPSA) is 91.3 Å². The third-order valence-corrected chi connectivity index (χ3v) is 11.4. The van der Waals surface area contributed by atoms with E-state index < -0.39 is 23.2 Å². The molecule has 0 aromatic rings. The lowest BCUT2D eigenvalue weighted by molar-refractivity contribution is -0.255. The van der Waals surface area contributed by atoms with Crippen molar-refractivity contribution in [1.29, 1.82) is 0 Å². The molecule has 4 aliphatic carbocycles. The first kappa shape index (κ1) is 28.1. The van der Waals surface area contributed by atoms with Gasteiger partial charge in [-0.1, -0.05) is 46.8 Å². The van der Waals surface area contributed by atoms with E-state index in [1.165, 1.54) is 13.8 Å². The Labute approximate surface area is 228 Å². The van der Waals surface area contributed by atoms with E-state index in [4.69, 9.17) is 18.9 Å². The maximum Gasteiger partial charge on any atom is 0.302 e. The minimum absolute atomic E-state index is 0.0580. The number of aliphatic hydroxyl groups is 1. The second kappa shape index (κ2) is 9.59. The summed E-state index contributed by atoms with van der Waals surface area (Å²) in [6.45, 7) is 15.5. The van der Waals surface area contributed by atoms with Crippen molar-refractivity contribution in [3.63, 3.8) is 0 Å². The van der Waals surface area contributed by atoms with Gasteiger partial charge in [0.1, 0.15) is 12.2 Å². The summed E-state index contributed by atoms with van der Waals surface area (Å²) in [4.78, 5) is 24.0. The molecule has 5 aliphatic rings. The predicted octanol–water partition coefficient (Wildman–Crippen LogP) is 5.04. The largest absolute Gasteiger partial charge is 0.462 e. The van der Waals surface area contributed by atoms with Gasteiger partial charge in [0.25, 0.3) is 0 Å². The summed E-state index contributed by atoms with van der Waals surface area (Å²) in [6.07, 6.45) is 8.10.